The smallest absolute Gasteiger partial charge is 0.198 e. The van der Waals surface area contributed by atoms with Crippen molar-refractivity contribution in [3.8, 4) is 5.75 Å². The summed E-state index contributed by atoms with van der Waals surface area (Å²) >= 11 is 5.88. The van der Waals surface area contributed by atoms with E-state index in [4.69, 9.17) is 16.3 Å². The number of halogens is 1. The van der Waals surface area contributed by atoms with Crippen LogP contribution in [0.5, 0.6) is 5.75 Å². The molecule has 0 atom stereocenters. The van der Waals surface area contributed by atoms with Crippen molar-refractivity contribution in [3.63, 3.8) is 0 Å². The van der Waals surface area contributed by atoms with E-state index in [1.165, 1.54) is 6.33 Å². The molecule has 1 N–H and O–H groups in total. The molecule has 16 heavy (non-hydrogen) atoms. The van der Waals surface area contributed by atoms with Gasteiger partial charge in [0.25, 0.3) is 0 Å². The second-order valence-corrected chi connectivity index (χ2v) is 5.14. The molecule has 0 saturated carbocycles. The third-order valence-corrected chi connectivity index (χ3v) is 2.40. The van der Waals surface area contributed by atoms with Crippen molar-refractivity contribution in [3.05, 3.63) is 11.5 Å². The Balaban J connectivity index is 2.64. The number of rotatable bonds is 4. The van der Waals surface area contributed by atoms with E-state index in [2.05, 4.69) is 36.1 Å². The third-order valence-electron chi connectivity index (χ3n) is 2.13. The van der Waals surface area contributed by atoms with E-state index in [9.17, 15) is 0 Å². The molecule has 0 fully saturated rings. The van der Waals surface area contributed by atoms with Crippen LogP contribution in [0.3, 0.4) is 0 Å². The van der Waals surface area contributed by atoms with Gasteiger partial charge in [-0.2, -0.15) is 0 Å². The molecular weight excluding hydrogens is 226 g/mol. The second-order valence-electron chi connectivity index (χ2n) is 4.78. The first-order valence-electron chi connectivity index (χ1n) is 5.22. The summed E-state index contributed by atoms with van der Waals surface area (Å²) in [5.41, 5.74) is 0.289. The van der Waals surface area contributed by atoms with Gasteiger partial charge in [0.2, 0.25) is 0 Å². The Labute approximate surface area is 101 Å². The predicted molar refractivity (Wildman–Crippen MR) is 66.2 cm³/mol. The molecule has 0 aliphatic carbocycles. The van der Waals surface area contributed by atoms with Crippen molar-refractivity contribution in [2.24, 2.45) is 5.41 Å². The Morgan fingerprint density at radius 2 is 2.06 bits per heavy atom. The summed E-state index contributed by atoms with van der Waals surface area (Å²) in [5.74, 6) is 1.14. The van der Waals surface area contributed by atoms with Gasteiger partial charge < -0.3 is 10.1 Å². The number of aromatic nitrogens is 2. The van der Waals surface area contributed by atoms with Gasteiger partial charge in [0.15, 0.2) is 16.7 Å². The first-order valence-corrected chi connectivity index (χ1v) is 5.60. The number of ether oxygens (including phenoxy) is 1. The summed E-state index contributed by atoms with van der Waals surface area (Å²) in [6, 6.07) is 0. The van der Waals surface area contributed by atoms with Gasteiger partial charge in [-0.3, -0.25) is 0 Å². The second kappa shape index (κ2) is 5.34. The van der Waals surface area contributed by atoms with Crippen LogP contribution in [-0.4, -0.2) is 23.6 Å². The summed E-state index contributed by atoms with van der Waals surface area (Å²) in [4.78, 5) is 7.96. The van der Waals surface area contributed by atoms with Gasteiger partial charge in [0.05, 0.1) is 7.11 Å². The van der Waals surface area contributed by atoms with Crippen molar-refractivity contribution in [1.29, 1.82) is 0 Å². The lowest BCUT2D eigenvalue weighted by Crippen LogP contribution is -2.14. The Bertz CT molecular complexity index is 350. The summed E-state index contributed by atoms with van der Waals surface area (Å²) in [5, 5.41) is 3.53. The highest BCUT2D eigenvalue weighted by Crippen LogP contribution is 2.28. The largest absolute Gasteiger partial charge is 0.490 e. The molecule has 0 spiro atoms. The Morgan fingerprint density at radius 3 is 2.62 bits per heavy atom. The molecule has 1 rings (SSSR count). The summed E-state index contributed by atoms with van der Waals surface area (Å²) < 4.78 is 5.14. The van der Waals surface area contributed by atoms with E-state index in [0.717, 1.165) is 13.0 Å². The first kappa shape index (κ1) is 13.0. The number of hydrogen-bond donors (Lipinski definition) is 1. The highest BCUT2D eigenvalue weighted by Gasteiger charge is 2.12. The molecule has 0 aliphatic rings. The van der Waals surface area contributed by atoms with E-state index >= 15 is 0 Å². The van der Waals surface area contributed by atoms with Gasteiger partial charge in [-0.15, -0.1) is 0 Å². The van der Waals surface area contributed by atoms with Crippen LogP contribution in [0.2, 0.25) is 5.15 Å². The van der Waals surface area contributed by atoms with E-state index in [-0.39, 0.29) is 5.41 Å². The molecule has 5 heteroatoms. The third kappa shape index (κ3) is 3.85. The first-order chi connectivity index (χ1) is 7.44. The SMILES string of the molecule is COc1c(Cl)ncnc1NCCC(C)(C)C. The van der Waals surface area contributed by atoms with Crippen LogP contribution in [0, 0.1) is 5.41 Å². The highest BCUT2D eigenvalue weighted by atomic mass is 35.5. The van der Waals surface area contributed by atoms with Crippen molar-refractivity contribution in [2.45, 2.75) is 27.2 Å². The lowest BCUT2D eigenvalue weighted by molar-refractivity contribution is 0.387. The van der Waals surface area contributed by atoms with Crippen LogP contribution in [0.4, 0.5) is 5.82 Å². The van der Waals surface area contributed by atoms with Gasteiger partial charge in [0.1, 0.15) is 6.33 Å². The topological polar surface area (TPSA) is 47.0 Å². The fourth-order valence-electron chi connectivity index (χ4n) is 1.21. The number of methoxy groups -OCH3 is 1. The summed E-state index contributed by atoms with van der Waals surface area (Å²) in [7, 11) is 1.56. The predicted octanol–water partition coefficient (Wildman–Crippen LogP) is 2.99. The molecular formula is C11H18ClN3O. The van der Waals surface area contributed by atoms with Crippen molar-refractivity contribution in [1.82, 2.24) is 9.97 Å². The molecule has 4 nitrogen and oxygen atoms in total. The lowest BCUT2D eigenvalue weighted by Gasteiger charge is -2.18. The minimum atomic E-state index is 0.289. The molecule has 1 aromatic rings. The molecule has 0 saturated heterocycles. The van der Waals surface area contributed by atoms with Gasteiger partial charge >= 0.3 is 0 Å². The van der Waals surface area contributed by atoms with E-state index in [0.29, 0.717) is 16.7 Å². The zero-order chi connectivity index (χ0) is 12.2. The normalized spacial score (nSPS) is 11.3. The Hall–Kier alpha value is -1.03. The minimum Gasteiger partial charge on any atom is -0.490 e. The summed E-state index contributed by atoms with van der Waals surface area (Å²) in [6.07, 6.45) is 2.46. The lowest BCUT2D eigenvalue weighted by atomic mass is 9.92. The van der Waals surface area contributed by atoms with Gasteiger partial charge in [-0.05, 0) is 11.8 Å². The number of hydrogen-bond acceptors (Lipinski definition) is 4. The average molecular weight is 244 g/mol. The average Bonchev–Trinajstić information content (AvgIpc) is 2.16. The van der Waals surface area contributed by atoms with Crippen LogP contribution in [-0.2, 0) is 0 Å². The zero-order valence-electron chi connectivity index (χ0n) is 10.2. The molecule has 0 unspecified atom stereocenters. The monoisotopic (exact) mass is 243 g/mol. The van der Waals surface area contributed by atoms with Crippen LogP contribution in [0.25, 0.3) is 0 Å². The molecule has 1 heterocycles. The van der Waals surface area contributed by atoms with Crippen molar-refractivity contribution in [2.75, 3.05) is 19.0 Å². The Morgan fingerprint density at radius 1 is 1.38 bits per heavy atom. The van der Waals surface area contributed by atoms with Crippen molar-refractivity contribution < 1.29 is 4.74 Å². The Kier molecular flexibility index (Phi) is 4.35. The maximum absolute atomic E-state index is 5.88. The molecule has 0 aromatic carbocycles. The van der Waals surface area contributed by atoms with Crippen LogP contribution >= 0.6 is 11.6 Å². The van der Waals surface area contributed by atoms with Crippen LogP contribution < -0.4 is 10.1 Å². The molecule has 1 aromatic heterocycles. The maximum atomic E-state index is 5.88. The summed E-state index contributed by atoms with van der Waals surface area (Å²) in [6.45, 7) is 7.41. The molecule has 0 bridgehead atoms. The van der Waals surface area contributed by atoms with Gasteiger partial charge in [-0.25, -0.2) is 9.97 Å². The van der Waals surface area contributed by atoms with Crippen LogP contribution in [0.15, 0.2) is 6.33 Å². The van der Waals surface area contributed by atoms with Gasteiger partial charge in [0, 0.05) is 6.54 Å². The van der Waals surface area contributed by atoms with Crippen molar-refractivity contribution >= 4 is 17.4 Å². The number of anilines is 1. The van der Waals surface area contributed by atoms with E-state index < -0.39 is 0 Å². The van der Waals surface area contributed by atoms with Crippen LogP contribution in [0.1, 0.15) is 27.2 Å². The van der Waals surface area contributed by atoms with E-state index in [1.54, 1.807) is 7.11 Å². The molecule has 0 aliphatic heterocycles. The number of nitrogens with one attached hydrogen (secondary N) is 1. The standard InChI is InChI=1S/C11H18ClN3O/c1-11(2,3)5-6-13-10-8(16-4)9(12)14-7-15-10/h7H,5-6H2,1-4H3,(H,13,14,15). The quantitative estimate of drug-likeness (QED) is 0.826. The molecule has 90 valence electrons. The number of nitrogens with zero attached hydrogens (tertiary/aromatic N) is 2. The fraction of sp³-hybridized carbons (Fsp3) is 0.636. The van der Waals surface area contributed by atoms with Gasteiger partial charge in [-0.1, -0.05) is 32.4 Å². The molecule has 0 radical (unpaired) electrons. The minimum absolute atomic E-state index is 0.289. The maximum Gasteiger partial charge on any atom is 0.198 e. The highest BCUT2D eigenvalue weighted by molar-refractivity contribution is 6.31. The van der Waals surface area contributed by atoms with E-state index in [1.807, 2.05) is 0 Å². The molecule has 0 amide bonds. The fourth-order valence-corrected chi connectivity index (χ4v) is 1.43. The zero-order valence-corrected chi connectivity index (χ0v) is 10.9.